The van der Waals surface area contributed by atoms with E-state index in [4.69, 9.17) is 0 Å². The van der Waals surface area contributed by atoms with Crippen LogP contribution < -0.4 is 10.6 Å². The van der Waals surface area contributed by atoms with Crippen LogP contribution in [0.5, 0.6) is 0 Å². The molecule has 7 heteroatoms. The van der Waals surface area contributed by atoms with E-state index < -0.39 is 23.8 Å². The number of nitrogens with one attached hydrogen (secondary N) is 2. The van der Waals surface area contributed by atoms with Crippen LogP contribution in [0.25, 0.3) is 0 Å². The lowest BCUT2D eigenvalue weighted by Gasteiger charge is -2.39. The van der Waals surface area contributed by atoms with E-state index in [0.717, 1.165) is 31.7 Å². The quantitative estimate of drug-likeness (QED) is 0.489. The van der Waals surface area contributed by atoms with Gasteiger partial charge in [-0.2, -0.15) is 0 Å². The molecule has 1 aromatic heterocycles. The fraction of sp³-hybridized carbons (Fsp3) is 0.560. The monoisotopic (exact) mass is 464 g/mol. The summed E-state index contributed by atoms with van der Waals surface area (Å²) in [5, 5.41) is 19.6. The summed E-state index contributed by atoms with van der Waals surface area (Å²) in [6, 6.07) is 4.91. The molecule has 2 unspecified atom stereocenters. The lowest BCUT2D eigenvalue weighted by atomic mass is 9.80. The maximum absolute atomic E-state index is 13.6. The summed E-state index contributed by atoms with van der Waals surface area (Å²) in [5.74, 6) is -1.18. The summed E-state index contributed by atoms with van der Waals surface area (Å²) >= 11 is 1.76. The molecule has 1 heterocycles. The lowest BCUT2D eigenvalue weighted by Crippen LogP contribution is -2.52. The molecule has 1 aliphatic rings. The molecule has 176 valence electrons. The van der Waals surface area contributed by atoms with Crippen LogP contribution in [0, 0.1) is 11.6 Å². The van der Waals surface area contributed by atoms with Gasteiger partial charge in [-0.1, -0.05) is 33.1 Å². The average Bonchev–Trinajstić information content (AvgIpc) is 3.22. The van der Waals surface area contributed by atoms with E-state index in [2.05, 4.69) is 35.9 Å². The Morgan fingerprint density at radius 1 is 1.12 bits per heavy atom. The van der Waals surface area contributed by atoms with Gasteiger partial charge in [-0.3, -0.25) is 4.79 Å². The SMILES string of the molecule is CC(=O)NC(Cc1cc(F)cc(F)c1)C(O)CNC1(c2cc(C(C)C)cs2)CCCCC1. The van der Waals surface area contributed by atoms with Crippen molar-refractivity contribution in [3.63, 3.8) is 0 Å². The number of hydrogen-bond acceptors (Lipinski definition) is 4. The number of aliphatic hydroxyl groups is 1. The first kappa shape index (κ1) is 24.8. The van der Waals surface area contributed by atoms with Crippen LogP contribution in [0.3, 0.4) is 0 Å². The molecule has 1 saturated carbocycles. The molecule has 1 amide bonds. The fourth-order valence-corrected chi connectivity index (χ4v) is 5.85. The number of aliphatic hydroxyl groups excluding tert-OH is 1. The third-order valence-corrected chi connectivity index (χ3v) is 7.50. The Bertz CT molecular complexity index is 889. The second-order valence-electron chi connectivity index (χ2n) is 9.28. The smallest absolute Gasteiger partial charge is 0.217 e. The van der Waals surface area contributed by atoms with Crippen molar-refractivity contribution in [3.8, 4) is 0 Å². The molecular formula is C25H34F2N2O2S. The van der Waals surface area contributed by atoms with E-state index in [-0.39, 0.29) is 24.4 Å². The van der Waals surface area contributed by atoms with Crippen LogP contribution in [-0.2, 0) is 16.8 Å². The Hall–Kier alpha value is -1.83. The minimum atomic E-state index is -0.909. The zero-order valence-corrected chi connectivity index (χ0v) is 19.9. The summed E-state index contributed by atoms with van der Waals surface area (Å²) < 4.78 is 27.3. The highest BCUT2D eigenvalue weighted by Gasteiger charge is 2.36. The summed E-state index contributed by atoms with van der Waals surface area (Å²) in [7, 11) is 0. The Balaban J connectivity index is 1.75. The summed E-state index contributed by atoms with van der Waals surface area (Å²) in [5.41, 5.74) is 1.53. The molecule has 0 bridgehead atoms. The van der Waals surface area contributed by atoms with Crippen LogP contribution in [0.15, 0.2) is 29.6 Å². The summed E-state index contributed by atoms with van der Waals surface area (Å²) in [6.07, 6.45) is 4.67. The van der Waals surface area contributed by atoms with E-state index in [9.17, 15) is 18.7 Å². The molecule has 1 aromatic carbocycles. The molecule has 4 nitrogen and oxygen atoms in total. The van der Waals surface area contributed by atoms with Gasteiger partial charge in [0.15, 0.2) is 0 Å². The zero-order chi connectivity index (χ0) is 23.3. The molecule has 2 atom stereocenters. The predicted molar refractivity (Wildman–Crippen MR) is 125 cm³/mol. The number of thiophene rings is 1. The van der Waals surface area contributed by atoms with Crippen molar-refractivity contribution in [3.05, 3.63) is 57.3 Å². The van der Waals surface area contributed by atoms with E-state index in [0.29, 0.717) is 11.5 Å². The van der Waals surface area contributed by atoms with Crippen LogP contribution in [0.4, 0.5) is 8.78 Å². The Morgan fingerprint density at radius 2 is 1.78 bits per heavy atom. The van der Waals surface area contributed by atoms with Crippen molar-refractivity contribution >= 4 is 17.2 Å². The number of halogens is 2. The number of rotatable bonds is 9. The number of carbonyl (C=O) groups is 1. The maximum atomic E-state index is 13.6. The van der Waals surface area contributed by atoms with Crippen LogP contribution >= 0.6 is 11.3 Å². The van der Waals surface area contributed by atoms with Gasteiger partial charge in [0, 0.05) is 24.4 Å². The van der Waals surface area contributed by atoms with Gasteiger partial charge < -0.3 is 15.7 Å². The standard InChI is InChI=1S/C25H34F2N2O2S/c1-16(2)19-12-24(32-15-19)25(7-5-4-6-8-25)28-14-23(31)22(29-17(3)30)11-18-9-20(26)13-21(27)10-18/h9-10,12-13,15-16,22-23,28,31H,4-8,11,14H2,1-3H3,(H,29,30). The zero-order valence-electron chi connectivity index (χ0n) is 19.1. The van der Waals surface area contributed by atoms with E-state index in [1.54, 1.807) is 11.3 Å². The fourth-order valence-electron chi connectivity index (χ4n) is 4.54. The van der Waals surface area contributed by atoms with Crippen LogP contribution in [0.1, 0.15) is 74.8 Å². The van der Waals surface area contributed by atoms with Crippen molar-refractivity contribution in [2.24, 2.45) is 0 Å². The molecule has 1 aliphatic carbocycles. The number of amides is 1. The third kappa shape index (κ3) is 6.36. The lowest BCUT2D eigenvalue weighted by molar-refractivity contribution is -0.120. The molecule has 32 heavy (non-hydrogen) atoms. The molecule has 2 aromatic rings. The second kappa shape index (κ2) is 10.9. The van der Waals surface area contributed by atoms with Gasteiger partial charge >= 0.3 is 0 Å². The van der Waals surface area contributed by atoms with E-state index in [1.807, 2.05) is 0 Å². The van der Waals surface area contributed by atoms with Gasteiger partial charge in [-0.05, 0) is 59.9 Å². The summed E-state index contributed by atoms with van der Waals surface area (Å²) in [6.45, 7) is 6.02. The molecule has 1 fully saturated rings. The van der Waals surface area contributed by atoms with Crippen LogP contribution in [-0.4, -0.2) is 29.7 Å². The normalized spacial score (nSPS) is 17.8. The number of hydrogen-bond donors (Lipinski definition) is 3. The Labute approximate surface area is 193 Å². The van der Waals surface area contributed by atoms with Crippen molar-refractivity contribution in [1.82, 2.24) is 10.6 Å². The minimum Gasteiger partial charge on any atom is -0.390 e. The van der Waals surface area contributed by atoms with Crippen molar-refractivity contribution in [1.29, 1.82) is 0 Å². The molecule has 3 N–H and O–H groups in total. The highest BCUT2D eigenvalue weighted by atomic mass is 32.1. The molecular weight excluding hydrogens is 430 g/mol. The van der Waals surface area contributed by atoms with Gasteiger partial charge in [0.2, 0.25) is 5.91 Å². The Morgan fingerprint density at radius 3 is 2.34 bits per heavy atom. The van der Waals surface area contributed by atoms with E-state index >= 15 is 0 Å². The first-order chi connectivity index (χ1) is 15.2. The predicted octanol–water partition coefficient (Wildman–Crippen LogP) is 5.01. The largest absolute Gasteiger partial charge is 0.390 e. The van der Waals surface area contributed by atoms with Crippen LogP contribution in [0.2, 0.25) is 0 Å². The third-order valence-electron chi connectivity index (χ3n) is 6.35. The van der Waals surface area contributed by atoms with Crippen molar-refractivity contribution < 1.29 is 18.7 Å². The topological polar surface area (TPSA) is 61.4 Å². The molecule has 0 spiro atoms. The second-order valence-corrected chi connectivity index (χ2v) is 10.2. The van der Waals surface area contributed by atoms with Gasteiger partial charge in [0.25, 0.3) is 0 Å². The van der Waals surface area contributed by atoms with Gasteiger partial charge in [-0.25, -0.2) is 8.78 Å². The first-order valence-electron chi connectivity index (χ1n) is 11.4. The molecule has 0 aliphatic heterocycles. The van der Waals surface area contributed by atoms with Crippen molar-refractivity contribution in [2.45, 2.75) is 82.9 Å². The molecule has 0 saturated heterocycles. The van der Waals surface area contributed by atoms with Gasteiger partial charge in [0.05, 0.1) is 17.7 Å². The maximum Gasteiger partial charge on any atom is 0.217 e. The molecule has 3 rings (SSSR count). The first-order valence-corrected chi connectivity index (χ1v) is 12.3. The number of carbonyl (C=O) groups excluding carboxylic acids is 1. The van der Waals surface area contributed by atoms with Gasteiger partial charge in [0.1, 0.15) is 11.6 Å². The highest BCUT2D eigenvalue weighted by molar-refractivity contribution is 7.10. The van der Waals surface area contributed by atoms with Crippen molar-refractivity contribution in [2.75, 3.05) is 6.54 Å². The summed E-state index contributed by atoms with van der Waals surface area (Å²) in [4.78, 5) is 13.0. The average molecular weight is 465 g/mol. The van der Waals surface area contributed by atoms with E-state index in [1.165, 1.54) is 35.9 Å². The van der Waals surface area contributed by atoms with Gasteiger partial charge in [-0.15, -0.1) is 11.3 Å². The minimum absolute atomic E-state index is 0.139. The number of benzene rings is 1. The highest BCUT2D eigenvalue weighted by Crippen LogP contribution is 2.41. The Kier molecular flexibility index (Phi) is 8.42. The molecule has 0 radical (unpaired) electrons.